The smallest absolute Gasteiger partial charge is 0.340 e. The van der Waals surface area contributed by atoms with E-state index in [0.717, 1.165) is 15.8 Å². The Labute approximate surface area is 202 Å². The van der Waals surface area contributed by atoms with Gasteiger partial charge in [0.1, 0.15) is 19.0 Å². The molecule has 9 nitrogen and oxygen atoms in total. The standard InChI is InChI=1S/C24H20FN3O6S/c1-9-13(25)4-14-19-18(16(8-35-22(9)19)27(2)17(30)6-29)11-5-28-15(20(11)26-14)3-10-12(23(28)32)7-34-24(33)21(10)31/h3-4,16,21,29,31H,5-8H2,1-2H3. The molecular formula is C24H20FN3O6S. The molecule has 180 valence electrons. The van der Waals surface area contributed by atoms with Gasteiger partial charge in [-0.05, 0) is 24.1 Å². The number of pyridine rings is 2. The highest BCUT2D eigenvalue weighted by molar-refractivity contribution is 7.99. The van der Waals surface area contributed by atoms with Crippen LogP contribution in [0, 0.1) is 12.7 Å². The molecule has 2 unspecified atom stereocenters. The predicted octanol–water partition coefficient (Wildman–Crippen LogP) is 1.56. The van der Waals surface area contributed by atoms with E-state index in [0.29, 0.717) is 33.8 Å². The van der Waals surface area contributed by atoms with Gasteiger partial charge in [-0.1, -0.05) is 0 Å². The molecular weight excluding hydrogens is 477 g/mol. The van der Waals surface area contributed by atoms with E-state index >= 15 is 0 Å². The molecule has 0 spiro atoms. The van der Waals surface area contributed by atoms with Crippen LogP contribution in [0.3, 0.4) is 0 Å². The summed E-state index contributed by atoms with van der Waals surface area (Å²) >= 11 is 1.43. The maximum absolute atomic E-state index is 14.8. The summed E-state index contributed by atoms with van der Waals surface area (Å²) in [7, 11) is 1.61. The van der Waals surface area contributed by atoms with Crippen molar-refractivity contribution >= 4 is 34.5 Å². The number of aliphatic hydroxyl groups excluding tert-OH is 2. The van der Waals surface area contributed by atoms with Gasteiger partial charge < -0.3 is 24.4 Å². The molecule has 0 fully saturated rings. The minimum Gasteiger partial charge on any atom is -0.458 e. The molecule has 1 aromatic carbocycles. The number of aromatic nitrogens is 2. The zero-order chi connectivity index (χ0) is 24.8. The number of amides is 1. The van der Waals surface area contributed by atoms with Crippen LogP contribution in [0.15, 0.2) is 21.8 Å². The van der Waals surface area contributed by atoms with Gasteiger partial charge in [-0.15, -0.1) is 11.8 Å². The van der Waals surface area contributed by atoms with E-state index in [2.05, 4.69) is 0 Å². The number of rotatable bonds is 2. The summed E-state index contributed by atoms with van der Waals surface area (Å²) in [6, 6.07) is 2.48. The molecule has 2 aromatic heterocycles. The largest absolute Gasteiger partial charge is 0.458 e. The lowest BCUT2D eigenvalue weighted by molar-refractivity contribution is -0.157. The molecule has 3 aliphatic heterocycles. The molecule has 0 saturated carbocycles. The van der Waals surface area contributed by atoms with Gasteiger partial charge in [-0.2, -0.15) is 0 Å². The molecule has 3 aliphatic rings. The molecule has 11 heteroatoms. The van der Waals surface area contributed by atoms with Crippen LogP contribution in [-0.4, -0.2) is 55.9 Å². The summed E-state index contributed by atoms with van der Waals surface area (Å²) < 4.78 is 21.3. The molecule has 2 atom stereocenters. The van der Waals surface area contributed by atoms with Crippen LogP contribution >= 0.6 is 11.8 Å². The number of ether oxygens (including phenoxy) is 1. The van der Waals surface area contributed by atoms with Crippen molar-refractivity contribution in [2.24, 2.45) is 0 Å². The van der Waals surface area contributed by atoms with Crippen molar-refractivity contribution in [2.75, 3.05) is 19.4 Å². The first kappa shape index (κ1) is 22.2. The van der Waals surface area contributed by atoms with Crippen molar-refractivity contribution in [1.82, 2.24) is 14.5 Å². The quantitative estimate of drug-likeness (QED) is 0.400. The second-order valence-electron chi connectivity index (χ2n) is 8.91. The second kappa shape index (κ2) is 7.61. The van der Waals surface area contributed by atoms with Gasteiger partial charge in [0, 0.05) is 40.3 Å². The van der Waals surface area contributed by atoms with Gasteiger partial charge in [0.05, 0.1) is 35.1 Å². The first-order valence-electron chi connectivity index (χ1n) is 11.0. The maximum atomic E-state index is 14.8. The van der Waals surface area contributed by atoms with Gasteiger partial charge in [-0.25, -0.2) is 14.2 Å². The Balaban J connectivity index is 1.67. The summed E-state index contributed by atoms with van der Waals surface area (Å²) in [5.41, 5.74) is 3.18. The molecule has 3 aromatic rings. The highest BCUT2D eigenvalue weighted by Gasteiger charge is 2.38. The fraction of sp³-hybridized carbons (Fsp3) is 0.333. The Morgan fingerprint density at radius 1 is 1.34 bits per heavy atom. The Morgan fingerprint density at radius 3 is 2.86 bits per heavy atom. The summed E-state index contributed by atoms with van der Waals surface area (Å²) in [5.74, 6) is -1.26. The SMILES string of the molecule is Cc1c(F)cc2nc3c(c4c2c1SCC4N(C)C(=O)CO)Cn1c-3cc2c(c1=O)COC(=O)C2O. The first-order chi connectivity index (χ1) is 16.7. The number of benzene rings is 1. The molecule has 0 aliphatic carbocycles. The van der Waals surface area contributed by atoms with Gasteiger partial charge in [0.15, 0.2) is 6.10 Å². The highest BCUT2D eigenvalue weighted by Crippen LogP contribution is 2.49. The third-order valence-electron chi connectivity index (χ3n) is 7.14. The number of halogens is 1. The molecule has 6 rings (SSSR count). The lowest BCUT2D eigenvalue weighted by atomic mass is 9.92. The topological polar surface area (TPSA) is 122 Å². The number of hydrogen-bond donors (Lipinski definition) is 2. The summed E-state index contributed by atoms with van der Waals surface area (Å²) in [5, 5.41) is 20.6. The zero-order valence-corrected chi connectivity index (χ0v) is 19.6. The maximum Gasteiger partial charge on any atom is 0.340 e. The van der Waals surface area contributed by atoms with Gasteiger partial charge in [0.2, 0.25) is 5.91 Å². The van der Waals surface area contributed by atoms with Crippen molar-refractivity contribution < 1.29 is 28.9 Å². The fourth-order valence-electron chi connectivity index (χ4n) is 5.24. The summed E-state index contributed by atoms with van der Waals surface area (Å²) in [6.45, 7) is 0.978. The average molecular weight is 498 g/mol. The molecule has 0 bridgehead atoms. The Morgan fingerprint density at radius 2 is 2.11 bits per heavy atom. The number of carbonyl (C=O) groups is 2. The van der Waals surface area contributed by atoms with Crippen LogP contribution in [0.4, 0.5) is 4.39 Å². The van der Waals surface area contributed by atoms with Gasteiger partial charge >= 0.3 is 5.97 Å². The number of likely N-dealkylation sites (N-methyl/N-ethyl adjacent to an activating group) is 1. The molecule has 35 heavy (non-hydrogen) atoms. The summed E-state index contributed by atoms with van der Waals surface area (Å²) in [6.07, 6.45) is -1.58. The number of nitrogens with zero attached hydrogens (tertiary/aromatic N) is 3. The molecule has 5 heterocycles. The average Bonchev–Trinajstić information content (AvgIpc) is 3.22. The minimum atomic E-state index is -1.58. The monoisotopic (exact) mass is 497 g/mol. The van der Waals surface area contributed by atoms with Crippen LogP contribution in [0.25, 0.3) is 22.3 Å². The van der Waals surface area contributed by atoms with E-state index in [1.165, 1.54) is 27.3 Å². The third-order valence-corrected chi connectivity index (χ3v) is 8.42. The van der Waals surface area contributed by atoms with Crippen LogP contribution in [0.2, 0.25) is 0 Å². The fourth-order valence-corrected chi connectivity index (χ4v) is 6.63. The number of aliphatic hydroxyl groups is 2. The van der Waals surface area contributed by atoms with Crippen molar-refractivity contribution in [3.8, 4) is 11.4 Å². The predicted molar refractivity (Wildman–Crippen MR) is 123 cm³/mol. The van der Waals surface area contributed by atoms with E-state index in [1.54, 1.807) is 20.0 Å². The number of fused-ring (bicyclic) bond motifs is 5. The third kappa shape index (κ3) is 2.95. The van der Waals surface area contributed by atoms with Crippen molar-refractivity contribution in [2.45, 2.75) is 37.1 Å². The Kier molecular flexibility index (Phi) is 4.83. The second-order valence-corrected chi connectivity index (χ2v) is 9.94. The minimum absolute atomic E-state index is 0.164. The molecule has 0 radical (unpaired) electrons. The molecule has 0 saturated heterocycles. The van der Waals surface area contributed by atoms with Gasteiger partial charge in [0.25, 0.3) is 5.56 Å². The molecule has 2 N–H and O–H groups in total. The van der Waals surface area contributed by atoms with E-state index in [9.17, 15) is 29.0 Å². The number of cyclic esters (lactones) is 1. The molecule has 1 amide bonds. The lowest BCUT2D eigenvalue weighted by Gasteiger charge is -2.34. The number of hydrogen-bond acceptors (Lipinski definition) is 8. The normalized spacial score (nSPS) is 19.7. The van der Waals surface area contributed by atoms with E-state index in [1.807, 2.05) is 0 Å². The number of esters is 1. The van der Waals surface area contributed by atoms with E-state index in [4.69, 9.17) is 9.72 Å². The number of carbonyl (C=O) groups excluding carboxylic acids is 2. The van der Waals surface area contributed by atoms with Crippen LogP contribution in [-0.2, 0) is 27.5 Å². The Bertz CT molecular complexity index is 1550. The van der Waals surface area contributed by atoms with Gasteiger partial charge in [-0.3, -0.25) is 9.59 Å². The van der Waals surface area contributed by atoms with Crippen LogP contribution < -0.4 is 5.56 Å². The summed E-state index contributed by atoms with van der Waals surface area (Å²) in [4.78, 5) is 44.6. The number of thioether (sulfide) groups is 1. The Hall–Kier alpha value is -3.28. The first-order valence-corrected chi connectivity index (χ1v) is 12.0. The van der Waals surface area contributed by atoms with Crippen LogP contribution in [0.1, 0.15) is 40.0 Å². The lowest BCUT2D eigenvalue weighted by Crippen LogP contribution is -2.36. The van der Waals surface area contributed by atoms with E-state index in [-0.39, 0.29) is 24.3 Å². The highest BCUT2D eigenvalue weighted by atomic mass is 32.2. The van der Waals surface area contributed by atoms with Crippen molar-refractivity contribution in [3.63, 3.8) is 0 Å². The van der Waals surface area contributed by atoms with Crippen molar-refractivity contribution in [3.05, 3.63) is 56.1 Å². The van der Waals surface area contributed by atoms with E-state index < -0.39 is 42.0 Å². The van der Waals surface area contributed by atoms with Crippen LogP contribution in [0.5, 0.6) is 0 Å². The zero-order valence-electron chi connectivity index (χ0n) is 18.8. The van der Waals surface area contributed by atoms with Crippen molar-refractivity contribution in [1.29, 1.82) is 0 Å².